The van der Waals surface area contributed by atoms with Crippen LogP contribution in [-0.4, -0.2) is 7.05 Å². The molecule has 0 bridgehead atoms. The zero-order chi connectivity index (χ0) is 10.7. The molecule has 0 saturated carbocycles. The van der Waals surface area contributed by atoms with Crippen molar-refractivity contribution in [3.05, 3.63) is 58.2 Å². The molecule has 0 atom stereocenters. The second-order valence-corrected chi connectivity index (χ2v) is 4.62. The van der Waals surface area contributed by atoms with Crippen molar-refractivity contribution in [2.24, 2.45) is 0 Å². The van der Waals surface area contributed by atoms with Crippen molar-refractivity contribution >= 4 is 34.0 Å². The molecule has 2 heteroatoms. The number of anilines is 2. The quantitative estimate of drug-likeness (QED) is 0.756. The molecule has 76 valence electrons. The monoisotopic (exact) mass is 309 g/mol. The summed E-state index contributed by atoms with van der Waals surface area (Å²) in [6.45, 7) is 0. The van der Waals surface area contributed by atoms with Gasteiger partial charge in [0.2, 0.25) is 0 Å². The number of hydrogen-bond donors (Lipinski definition) is 0. The average molecular weight is 309 g/mol. The predicted molar refractivity (Wildman–Crippen MR) is 73.7 cm³/mol. The molecule has 0 saturated heterocycles. The maximum atomic E-state index is 2.32. The highest BCUT2D eigenvalue weighted by Crippen LogP contribution is 2.23. The van der Waals surface area contributed by atoms with E-state index in [9.17, 15) is 0 Å². The normalized spacial score (nSPS) is 10.0. The Bertz CT molecular complexity index is 422. The summed E-state index contributed by atoms with van der Waals surface area (Å²) in [6.07, 6.45) is 0. The highest BCUT2D eigenvalue weighted by atomic mass is 127. The highest BCUT2D eigenvalue weighted by Gasteiger charge is 2.01. The summed E-state index contributed by atoms with van der Waals surface area (Å²) in [7, 11) is 2.08. The molecule has 0 radical (unpaired) electrons. The Hall–Kier alpha value is -1.03. The lowest BCUT2D eigenvalue weighted by molar-refractivity contribution is 1.21. The van der Waals surface area contributed by atoms with E-state index in [4.69, 9.17) is 0 Å². The summed E-state index contributed by atoms with van der Waals surface area (Å²) < 4.78 is 1.26. The van der Waals surface area contributed by atoms with Crippen LogP contribution in [0, 0.1) is 3.57 Å². The van der Waals surface area contributed by atoms with Crippen LogP contribution in [0.15, 0.2) is 54.6 Å². The van der Waals surface area contributed by atoms with Gasteiger partial charge in [-0.15, -0.1) is 0 Å². The Morgan fingerprint density at radius 2 is 1.33 bits per heavy atom. The fourth-order valence-corrected chi connectivity index (χ4v) is 1.82. The van der Waals surface area contributed by atoms with Gasteiger partial charge < -0.3 is 4.90 Å². The average Bonchev–Trinajstić information content (AvgIpc) is 2.30. The van der Waals surface area contributed by atoms with E-state index in [0.717, 1.165) is 0 Å². The third-order valence-electron chi connectivity index (χ3n) is 2.36. The Balaban J connectivity index is 2.29. The molecular weight excluding hydrogens is 297 g/mol. The van der Waals surface area contributed by atoms with E-state index in [1.54, 1.807) is 0 Å². The summed E-state index contributed by atoms with van der Waals surface area (Å²) in [5.74, 6) is 0. The van der Waals surface area contributed by atoms with Crippen molar-refractivity contribution in [1.29, 1.82) is 0 Å². The molecular formula is C13H12IN. The number of halogens is 1. The summed E-state index contributed by atoms with van der Waals surface area (Å²) in [5.41, 5.74) is 2.42. The van der Waals surface area contributed by atoms with Gasteiger partial charge in [0, 0.05) is 22.0 Å². The first kappa shape index (κ1) is 10.5. The van der Waals surface area contributed by atoms with Crippen LogP contribution < -0.4 is 4.90 Å². The van der Waals surface area contributed by atoms with Gasteiger partial charge in [-0.3, -0.25) is 0 Å². The summed E-state index contributed by atoms with van der Waals surface area (Å²) in [4.78, 5) is 2.18. The van der Waals surface area contributed by atoms with E-state index >= 15 is 0 Å². The SMILES string of the molecule is CN(c1ccccc1)c1ccc(I)cc1. The van der Waals surface area contributed by atoms with Crippen LogP contribution in [0.4, 0.5) is 11.4 Å². The largest absolute Gasteiger partial charge is 0.345 e. The zero-order valence-electron chi connectivity index (χ0n) is 8.52. The minimum absolute atomic E-state index is 1.21. The Kier molecular flexibility index (Phi) is 3.26. The Morgan fingerprint density at radius 1 is 0.800 bits per heavy atom. The summed E-state index contributed by atoms with van der Waals surface area (Å²) >= 11 is 2.32. The molecule has 0 heterocycles. The number of rotatable bonds is 2. The first-order valence-electron chi connectivity index (χ1n) is 4.82. The fraction of sp³-hybridized carbons (Fsp3) is 0.0769. The number of hydrogen-bond acceptors (Lipinski definition) is 1. The van der Waals surface area contributed by atoms with Crippen LogP contribution in [0.1, 0.15) is 0 Å². The Morgan fingerprint density at radius 3 is 1.93 bits per heavy atom. The minimum Gasteiger partial charge on any atom is -0.345 e. The first-order chi connectivity index (χ1) is 7.27. The van der Waals surface area contributed by atoms with Gasteiger partial charge in [-0.1, -0.05) is 18.2 Å². The molecule has 0 aliphatic heterocycles. The van der Waals surface area contributed by atoms with Crippen LogP contribution in [0.25, 0.3) is 0 Å². The lowest BCUT2D eigenvalue weighted by atomic mass is 10.2. The van der Waals surface area contributed by atoms with E-state index in [0.29, 0.717) is 0 Å². The number of para-hydroxylation sites is 1. The fourth-order valence-electron chi connectivity index (χ4n) is 1.47. The molecule has 15 heavy (non-hydrogen) atoms. The number of benzene rings is 2. The van der Waals surface area contributed by atoms with Crippen LogP contribution >= 0.6 is 22.6 Å². The van der Waals surface area contributed by atoms with Crippen LogP contribution in [0.2, 0.25) is 0 Å². The molecule has 2 rings (SSSR count). The molecule has 0 spiro atoms. The zero-order valence-corrected chi connectivity index (χ0v) is 10.7. The molecule has 0 fully saturated rings. The van der Waals surface area contributed by atoms with Crippen molar-refractivity contribution in [2.75, 3.05) is 11.9 Å². The van der Waals surface area contributed by atoms with Crippen molar-refractivity contribution in [1.82, 2.24) is 0 Å². The van der Waals surface area contributed by atoms with E-state index in [1.165, 1.54) is 14.9 Å². The Labute approximate surface area is 104 Å². The van der Waals surface area contributed by atoms with Crippen LogP contribution in [0.3, 0.4) is 0 Å². The van der Waals surface area contributed by atoms with Gasteiger partial charge in [0.1, 0.15) is 0 Å². The van der Waals surface area contributed by atoms with Crippen molar-refractivity contribution in [2.45, 2.75) is 0 Å². The molecule has 1 nitrogen and oxygen atoms in total. The number of nitrogens with zero attached hydrogens (tertiary/aromatic N) is 1. The van der Waals surface area contributed by atoms with Gasteiger partial charge in [0.25, 0.3) is 0 Å². The molecule has 0 aromatic heterocycles. The molecule has 0 unspecified atom stereocenters. The topological polar surface area (TPSA) is 3.24 Å². The molecule has 0 amide bonds. The predicted octanol–water partition coefficient (Wildman–Crippen LogP) is 4.06. The molecule has 2 aromatic rings. The molecule has 0 aliphatic carbocycles. The van der Waals surface area contributed by atoms with Gasteiger partial charge in [-0.2, -0.15) is 0 Å². The summed E-state index contributed by atoms with van der Waals surface area (Å²) in [5, 5.41) is 0. The van der Waals surface area contributed by atoms with Gasteiger partial charge in [0.15, 0.2) is 0 Å². The maximum Gasteiger partial charge on any atom is 0.0408 e. The standard InChI is InChI=1S/C13H12IN/c1-15(12-5-3-2-4-6-12)13-9-7-11(14)8-10-13/h2-10H,1H3. The van der Waals surface area contributed by atoms with Gasteiger partial charge in [0.05, 0.1) is 0 Å². The van der Waals surface area contributed by atoms with Crippen LogP contribution in [0.5, 0.6) is 0 Å². The van der Waals surface area contributed by atoms with Crippen molar-refractivity contribution in [3.8, 4) is 0 Å². The van der Waals surface area contributed by atoms with Crippen LogP contribution in [-0.2, 0) is 0 Å². The maximum absolute atomic E-state index is 2.32. The molecule has 0 aliphatic rings. The second-order valence-electron chi connectivity index (χ2n) is 3.37. The summed E-state index contributed by atoms with van der Waals surface area (Å²) in [6, 6.07) is 18.9. The van der Waals surface area contributed by atoms with Crippen molar-refractivity contribution < 1.29 is 0 Å². The third-order valence-corrected chi connectivity index (χ3v) is 3.08. The van der Waals surface area contributed by atoms with E-state index in [1.807, 2.05) is 6.07 Å². The lowest BCUT2D eigenvalue weighted by Crippen LogP contribution is -2.08. The van der Waals surface area contributed by atoms with Gasteiger partial charge >= 0.3 is 0 Å². The molecule has 2 aromatic carbocycles. The molecule has 0 N–H and O–H groups in total. The first-order valence-corrected chi connectivity index (χ1v) is 5.89. The van der Waals surface area contributed by atoms with E-state index in [-0.39, 0.29) is 0 Å². The second kappa shape index (κ2) is 4.66. The highest BCUT2D eigenvalue weighted by molar-refractivity contribution is 14.1. The minimum atomic E-state index is 1.21. The van der Waals surface area contributed by atoms with E-state index in [2.05, 4.69) is 83.1 Å². The van der Waals surface area contributed by atoms with Crippen molar-refractivity contribution in [3.63, 3.8) is 0 Å². The van der Waals surface area contributed by atoms with Gasteiger partial charge in [-0.25, -0.2) is 0 Å². The van der Waals surface area contributed by atoms with Gasteiger partial charge in [-0.05, 0) is 59.0 Å². The van der Waals surface area contributed by atoms with E-state index < -0.39 is 0 Å². The third kappa shape index (κ3) is 2.50. The lowest BCUT2D eigenvalue weighted by Gasteiger charge is -2.19. The smallest absolute Gasteiger partial charge is 0.0408 e.